The average molecular weight is 447 g/mol. The van der Waals surface area contributed by atoms with Crippen molar-refractivity contribution in [2.24, 2.45) is 5.92 Å². The molecule has 0 fully saturated rings. The fourth-order valence-corrected chi connectivity index (χ4v) is 15.3. The van der Waals surface area contributed by atoms with Gasteiger partial charge in [0.1, 0.15) is 8.07 Å². The van der Waals surface area contributed by atoms with Crippen LogP contribution in [-0.2, 0) is 0 Å². The summed E-state index contributed by atoms with van der Waals surface area (Å²) in [6, 6.07) is 8.24. The molecule has 0 nitrogen and oxygen atoms in total. The minimum atomic E-state index is -1.61. The van der Waals surface area contributed by atoms with Crippen molar-refractivity contribution >= 4 is 41.1 Å². The maximum absolute atomic E-state index is 2.62. The Morgan fingerprint density at radius 2 is 1.28 bits per heavy atom. The highest BCUT2D eigenvalue weighted by Crippen LogP contribution is 2.44. The zero-order valence-corrected chi connectivity index (χ0v) is 22.2. The molecule has 1 aliphatic heterocycles. The predicted octanol–water partition coefficient (Wildman–Crippen LogP) is 8.55. The third-order valence-corrected chi connectivity index (χ3v) is 14.9. The van der Waals surface area contributed by atoms with Gasteiger partial charge in [-0.3, -0.25) is 0 Å². The number of unbranched alkanes of at least 4 members (excludes halogenated alkanes) is 5. The van der Waals surface area contributed by atoms with Crippen molar-refractivity contribution in [2.45, 2.75) is 111 Å². The van der Waals surface area contributed by atoms with Crippen molar-refractivity contribution in [2.75, 3.05) is 0 Å². The molecule has 2 aromatic rings. The molecule has 0 aromatic carbocycles. The minimum Gasteiger partial charge on any atom is -0.140 e. The molecule has 1 aliphatic rings. The first-order chi connectivity index (χ1) is 14.1. The molecule has 0 saturated carbocycles. The van der Waals surface area contributed by atoms with E-state index in [9.17, 15) is 0 Å². The van der Waals surface area contributed by atoms with Gasteiger partial charge in [0.25, 0.3) is 0 Å². The fraction of sp³-hybridized carbons (Fsp3) is 0.692. The Hall–Kier alpha value is -0.383. The molecule has 0 saturated heterocycles. The van der Waals surface area contributed by atoms with Gasteiger partial charge in [-0.2, -0.15) is 0 Å². The maximum atomic E-state index is 2.62. The van der Waals surface area contributed by atoms with Gasteiger partial charge in [0.05, 0.1) is 0 Å². The van der Waals surface area contributed by atoms with Crippen molar-refractivity contribution in [1.29, 1.82) is 0 Å². The molecule has 3 rings (SSSR count). The van der Waals surface area contributed by atoms with Gasteiger partial charge in [-0.05, 0) is 54.4 Å². The standard InChI is InChI=1S/C26H42S2Si/c1-6-9-12-13-15-22(14-10-7-2)19-29(16-11-8-3)23-17-20(4)27-25(23)26-24(29)18-21(5)28-26/h17-18,22H,6-16,19H2,1-5H3. The van der Waals surface area contributed by atoms with Gasteiger partial charge < -0.3 is 0 Å². The lowest BCUT2D eigenvalue weighted by molar-refractivity contribution is 0.441. The summed E-state index contributed by atoms with van der Waals surface area (Å²) in [5.74, 6) is 0.939. The van der Waals surface area contributed by atoms with Gasteiger partial charge in [-0.25, -0.2) is 0 Å². The second-order valence-electron chi connectivity index (χ2n) is 9.45. The summed E-state index contributed by atoms with van der Waals surface area (Å²) in [7, 11) is -1.61. The molecule has 2 aromatic heterocycles. The normalized spacial score (nSPS) is 15.5. The van der Waals surface area contributed by atoms with E-state index in [1.165, 1.54) is 86.1 Å². The first-order valence-corrected chi connectivity index (χ1v) is 16.3. The van der Waals surface area contributed by atoms with E-state index in [2.05, 4.69) is 69.4 Å². The Morgan fingerprint density at radius 3 is 1.83 bits per heavy atom. The molecule has 1 unspecified atom stereocenters. The first kappa shape index (κ1) is 23.3. The number of fused-ring (bicyclic) bond motifs is 3. The van der Waals surface area contributed by atoms with Crippen LogP contribution in [0.2, 0.25) is 12.1 Å². The van der Waals surface area contributed by atoms with E-state index in [0.717, 1.165) is 5.92 Å². The van der Waals surface area contributed by atoms with Crippen molar-refractivity contribution in [1.82, 2.24) is 0 Å². The monoisotopic (exact) mass is 446 g/mol. The van der Waals surface area contributed by atoms with Crippen LogP contribution in [-0.4, -0.2) is 8.07 Å². The zero-order valence-electron chi connectivity index (χ0n) is 19.5. The Balaban J connectivity index is 1.94. The molecule has 0 N–H and O–H groups in total. The fourth-order valence-electron chi connectivity index (χ4n) is 5.49. The topological polar surface area (TPSA) is 0 Å². The molecule has 1 atom stereocenters. The third kappa shape index (κ3) is 5.10. The highest BCUT2D eigenvalue weighted by atomic mass is 32.1. The number of hydrogen-bond donors (Lipinski definition) is 0. The zero-order chi connectivity index (χ0) is 20.9. The summed E-state index contributed by atoms with van der Waals surface area (Å²) >= 11 is 4.17. The molecular formula is C26H42S2Si. The second-order valence-corrected chi connectivity index (χ2v) is 16.1. The molecule has 0 aliphatic carbocycles. The van der Waals surface area contributed by atoms with E-state index in [-0.39, 0.29) is 0 Å². The van der Waals surface area contributed by atoms with Crippen LogP contribution in [0.4, 0.5) is 0 Å². The van der Waals surface area contributed by atoms with Crippen molar-refractivity contribution in [3.8, 4) is 9.75 Å². The highest BCUT2D eigenvalue weighted by molar-refractivity contribution is 7.29. The van der Waals surface area contributed by atoms with Crippen LogP contribution < -0.4 is 10.4 Å². The van der Waals surface area contributed by atoms with Crippen LogP contribution in [0.1, 0.15) is 94.7 Å². The molecule has 29 heavy (non-hydrogen) atoms. The van der Waals surface area contributed by atoms with Crippen LogP contribution >= 0.6 is 22.7 Å². The number of aryl methyl sites for hydroxylation is 2. The summed E-state index contributed by atoms with van der Waals surface area (Å²) in [5.41, 5.74) is 0. The number of rotatable bonds is 13. The minimum absolute atomic E-state index is 0.939. The van der Waals surface area contributed by atoms with E-state index in [1.807, 2.05) is 10.4 Å². The van der Waals surface area contributed by atoms with E-state index >= 15 is 0 Å². The summed E-state index contributed by atoms with van der Waals surface area (Å²) in [4.78, 5) is 6.43. The van der Waals surface area contributed by atoms with E-state index in [4.69, 9.17) is 0 Å². The van der Waals surface area contributed by atoms with Crippen LogP contribution in [0, 0.1) is 19.8 Å². The quantitative estimate of drug-likeness (QED) is 0.213. The Morgan fingerprint density at radius 1 is 0.724 bits per heavy atom. The molecule has 0 bridgehead atoms. The SMILES string of the molecule is CCCCCCC(CCCC)C[Si]1(CCCC)c2cc(C)sc2-c2sc(C)cc21. The van der Waals surface area contributed by atoms with Gasteiger partial charge in [0.15, 0.2) is 0 Å². The smallest absolute Gasteiger partial charge is 0.122 e. The Bertz CT molecular complexity index is 724. The van der Waals surface area contributed by atoms with Crippen LogP contribution in [0.5, 0.6) is 0 Å². The average Bonchev–Trinajstić information content (AvgIpc) is 3.33. The number of thiophene rings is 2. The van der Waals surface area contributed by atoms with Gasteiger partial charge in [0, 0.05) is 19.5 Å². The Kier molecular flexibility index (Phi) is 8.65. The van der Waals surface area contributed by atoms with Gasteiger partial charge in [-0.15, -0.1) is 22.7 Å². The van der Waals surface area contributed by atoms with Crippen LogP contribution in [0.3, 0.4) is 0 Å². The molecule has 0 spiro atoms. The van der Waals surface area contributed by atoms with Gasteiger partial charge in [0.2, 0.25) is 0 Å². The van der Waals surface area contributed by atoms with E-state index in [1.54, 1.807) is 9.75 Å². The summed E-state index contributed by atoms with van der Waals surface area (Å²) < 4.78 is 0. The molecular weight excluding hydrogens is 405 g/mol. The lowest BCUT2D eigenvalue weighted by atomic mass is 9.97. The van der Waals surface area contributed by atoms with Crippen molar-refractivity contribution < 1.29 is 0 Å². The summed E-state index contributed by atoms with van der Waals surface area (Å²) in [6.07, 6.45) is 14.1. The molecule has 162 valence electrons. The molecule has 3 heteroatoms. The van der Waals surface area contributed by atoms with Crippen molar-refractivity contribution in [3.05, 3.63) is 21.9 Å². The van der Waals surface area contributed by atoms with E-state index in [0.29, 0.717) is 0 Å². The third-order valence-electron chi connectivity index (χ3n) is 6.97. The predicted molar refractivity (Wildman–Crippen MR) is 138 cm³/mol. The summed E-state index contributed by atoms with van der Waals surface area (Å²) in [6.45, 7) is 11.8. The van der Waals surface area contributed by atoms with Crippen LogP contribution in [0.25, 0.3) is 9.75 Å². The lowest BCUT2D eigenvalue weighted by Gasteiger charge is -2.33. The Labute approximate surface area is 189 Å². The highest BCUT2D eigenvalue weighted by Gasteiger charge is 2.48. The summed E-state index contributed by atoms with van der Waals surface area (Å²) in [5, 5.41) is 3.68. The molecule has 0 radical (unpaired) electrons. The first-order valence-electron chi connectivity index (χ1n) is 12.3. The maximum Gasteiger partial charge on any atom is 0.122 e. The van der Waals surface area contributed by atoms with E-state index < -0.39 is 8.07 Å². The van der Waals surface area contributed by atoms with Crippen LogP contribution in [0.15, 0.2) is 12.1 Å². The van der Waals surface area contributed by atoms with Gasteiger partial charge >= 0.3 is 0 Å². The lowest BCUT2D eigenvalue weighted by Crippen LogP contribution is -2.55. The molecule has 0 amide bonds. The largest absolute Gasteiger partial charge is 0.140 e. The number of hydrogen-bond acceptors (Lipinski definition) is 2. The van der Waals surface area contributed by atoms with Crippen molar-refractivity contribution in [3.63, 3.8) is 0 Å². The molecule has 3 heterocycles. The second kappa shape index (κ2) is 10.8. The van der Waals surface area contributed by atoms with Gasteiger partial charge in [-0.1, -0.05) is 85.0 Å².